The first kappa shape index (κ1) is 14.2. The highest BCUT2D eigenvalue weighted by Gasteiger charge is 2.24. The fraction of sp³-hybridized carbons (Fsp3) is 0.400. The first-order chi connectivity index (χ1) is 9.69. The molecule has 0 aliphatic heterocycles. The minimum absolute atomic E-state index is 0.0787. The summed E-state index contributed by atoms with van der Waals surface area (Å²) in [5, 5.41) is 2.51. The molecule has 0 radical (unpaired) electrons. The van der Waals surface area contributed by atoms with Crippen molar-refractivity contribution in [2.24, 2.45) is 0 Å². The summed E-state index contributed by atoms with van der Waals surface area (Å²) in [6.45, 7) is 13.5. The quantitative estimate of drug-likeness (QED) is 0.479. The summed E-state index contributed by atoms with van der Waals surface area (Å²) < 4.78 is 6.25. The average Bonchev–Trinajstić information content (AvgIpc) is 2.74. The van der Waals surface area contributed by atoms with Crippen molar-refractivity contribution >= 4 is 21.9 Å². The SMILES string of the molecule is CC(C)(C)c1cccc2c1oc1cccc(C(C)(C)C)c12. The second kappa shape index (κ2) is 4.37. The number of rotatable bonds is 0. The standard InChI is InChI=1S/C20H24O/c1-19(2,3)14-10-8-12-16-17(14)13-9-7-11-15(18(13)21-16)20(4,5)6/h7-12H,1-6H3. The monoisotopic (exact) mass is 280 g/mol. The molecule has 1 heteroatoms. The van der Waals surface area contributed by atoms with Crippen LogP contribution < -0.4 is 0 Å². The lowest BCUT2D eigenvalue weighted by Crippen LogP contribution is -2.11. The highest BCUT2D eigenvalue weighted by molar-refractivity contribution is 6.08. The number of furan rings is 1. The van der Waals surface area contributed by atoms with Crippen molar-refractivity contribution in [1.82, 2.24) is 0 Å². The Morgan fingerprint density at radius 3 is 1.90 bits per heavy atom. The molecule has 3 aromatic rings. The largest absolute Gasteiger partial charge is 0.456 e. The molecule has 0 fully saturated rings. The lowest BCUT2D eigenvalue weighted by molar-refractivity contribution is 0.572. The van der Waals surface area contributed by atoms with E-state index in [0.717, 1.165) is 11.2 Å². The van der Waals surface area contributed by atoms with Crippen LogP contribution in [0.2, 0.25) is 0 Å². The van der Waals surface area contributed by atoms with Gasteiger partial charge in [-0.25, -0.2) is 0 Å². The van der Waals surface area contributed by atoms with E-state index in [-0.39, 0.29) is 10.8 Å². The van der Waals surface area contributed by atoms with Gasteiger partial charge < -0.3 is 4.42 Å². The maximum Gasteiger partial charge on any atom is 0.139 e. The zero-order valence-electron chi connectivity index (χ0n) is 13.9. The summed E-state index contributed by atoms with van der Waals surface area (Å²) in [4.78, 5) is 0. The molecule has 0 N–H and O–H groups in total. The van der Waals surface area contributed by atoms with Gasteiger partial charge in [0, 0.05) is 16.3 Å². The number of para-hydroxylation sites is 1. The van der Waals surface area contributed by atoms with E-state index in [2.05, 4.69) is 77.9 Å². The Morgan fingerprint density at radius 1 is 0.714 bits per heavy atom. The van der Waals surface area contributed by atoms with Crippen LogP contribution in [0.3, 0.4) is 0 Å². The van der Waals surface area contributed by atoms with Gasteiger partial charge in [-0.05, 0) is 22.5 Å². The summed E-state index contributed by atoms with van der Waals surface area (Å²) in [6, 6.07) is 12.9. The summed E-state index contributed by atoms with van der Waals surface area (Å²) in [5.74, 6) is 0. The van der Waals surface area contributed by atoms with E-state index < -0.39 is 0 Å². The Balaban J connectivity index is 2.48. The average molecular weight is 280 g/mol. The fourth-order valence-corrected chi connectivity index (χ4v) is 3.06. The third-order valence-electron chi connectivity index (χ3n) is 4.14. The van der Waals surface area contributed by atoms with Crippen LogP contribution in [0.15, 0.2) is 40.8 Å². The van der Waals surface area contributed by atoms with Gasteiger partial charge in [0.1, 0.15) is 11.2 Å². The molecular weight excluding hydrogens is 256 g/mol. The van der Waals surface area contributed by atoms with Crippen molar-refractivity contribution in [1.29, 1.82) is 0 Å². The van der Waals surface area contributed by atoms with Gasteiger partial charge in [0.15, 0.2) is 0 Å². The van der Waals surface area contributed by atoms with E-state index in [9.17, 15) is 0 Å². The zero-order chi connectivity index (χ0) is 15.4. The second-order valence-electron chi connectivity index (χ2n) is 7.96. The Kier molecular flexibility index (Phi) is 2.95. The molecule has 21 heavy (non-hydrogen) atoms. The van der Waals surface area contributed by atoms with Gasteiger partial charge in [-0.1, -0.05) is 71.9 Å². The van der Waals surface area contributed by atoms with Crippen LogP contribution in [0, 0.1) is 0 Å². The number of benzene rings is 2. The maximum atomic E-state index is 6.25. The van der Waals surface area contributed by atoms with Crippen molar-refractivity contribution in [2.75, 3.05) is 0 Å². The van der Waals surface area contributed by atoms with Gasteiger partial charge >= 0.3 is 0 Å². The van der Waals surface area contributed by atoms with Crippen LogP contribution in [0.5, 0.6) is 0 Å². The fourth-order valence-electron chi connectivity index (χ4n) is 3.06. The number of hydrogen-bond donors (Lipinski definition) is 0. The molecule has 0 saturated carbocycles. The summed E-state index contributed by atoms with van der Waals surface area (Å²) in [5.41, 5.74) is 4.84. The molecule has 1 nitrogen and oxygen atoms in total. The van der Waals surface area contributed by atoms with Crippen LogP contribution in [0.4, 0.5) is 0 Å². The van der Waals surface area contributed by atoms with Crippen molar-refractivity contribution in [3.8, 4) is 0 Å². The van der Waals surface area contributed by atoms with Crippen molar-refractivity contribution in [3.63, 3.8) is 0 Å². The van der Waals surface area contributed by atoms with Gasteiger partial charge in [0.2, 0.25) is 0 Å². The van der Waals surface area contributed by atoms with E-state index in [1.165, 1.54) is 21.9 Å². The maximum absolute atomic E-state index is 6.25. The number of hydrogen-bond acceptors (Lipinski definition) is 1. The summed E-state index contributed by atoms with van der Waals surface area (Å²) in [7, 11) is 0. The van der Waals surface area contributed by atoms with Crippen LogP contribution in [0.25, 0.3) is 21.9 Å². The second-order valence-corrected chi connectivity index (χ2v) is 7.96. The highest BCUT2D eigenvalue weighted by Crippen LogP contribution is 2.40. The predicted octanol–water partition coefficient (Wildman–Crippen LogP) is 6.18. The molecule has 0 bridgehead atoms. The van der Waals surface area contributed by atoms with Gasteiger partial charge in [-0.3, -0.25) is 0 Å². The molecule has 0 amide bonds. The Bertz CT molecular complexity index is 807. The van der Waals surface area contributed by atoms with Crippen molar-refractivity contribution in [2.45, 2.75) is 52.4 Å². The minimum Gasteiger partial charge on any atom is -0.456 e. The Labute approximate surface area is 127 Å². The molecule has 110 valence electrons. The van der Waals surface area contributed by atoms with E-state index >= 15 is 0 Å². The predicted molar refractivity (Wildman–Crippen MR) is 91.1 cm³/mol. The highest BCUT2D eigenvalue weighted by atomic mass is 16.3. The molecule has 1 aromatic heterocycles. The molecule has 2 aromatic carbocycles. The molecule has 0 atom stereocenters. The smallest absolute Gasteiger partial charge is 0.139 e. The third-order valence-corrected chi connectivity index (χ3v) is 4.14. The lowest BCUT2D eigenvalue weighted by atomic mass is 9.83. The van der Waals surface area contributed by atoms with Crippen LogP contribution >= 0.6 is 0 Å². The van der Waals surface area contributed by atoms with Gasteiger partial charge in [-0.15, -0.1) is 0 Å². The zero-order valence-corrected chi connectivity index (χ0v) is 13.9. The van der Waals surface area contributed by atoms with Crippen LogP contribution in [-0.4, -0.2) is 0 Å². The third kappa shape index (κ3) is 2.25. The molecule has 0 unspecified atom stereocenters. The molecule has 0 aliphatic carbocycles. The van der Waals surface area contributed by atoms with Crippen LogP contribution in [-0.2, 0) is 10.8 Å². The topological polar surface area (TPSA) is 13.1 Å². The Morgan fingerprint density at radius 2 is 1.29 bits per heavy atom. The van der Waals surface area contributed by atoms with Gasteiger partial charge in [-0.2, -0.15) is 0 Å². The van der Waals surface area contributed by atoms with Gasteiger partial charge in [0.25, 0.3) is 0 Å². The van der Waals surface area contributed by atoms with E-state index in [1.54, 1.807) is 0 Å². The molecule has 0 aliphatic rings. The first-order valence-corrected chi connectivity index (χ1v) is 7.65. The molecular formula is C20H24O. The van der Waals surface area contributed by atoms with Gasteiger partial charge in [0.05, 0.1) is 0 Å². The first-order valence-electron chi connectivity index (χ1n) is 7.65. The van der Waals surface area contributed by atoms with Crippen molar-refractivity contribution in [3.05, 3.63) is 47.5 Å². The van der Waals surface area contributed by atoms with E-state index in [1.807, 2.05) is 0 Å². The summed E-state index contributed by atoms with van der Waals surface area (Å²) >= 11 is 0. The minimum atomic E-state index is 0.0787. The Hall–Kier alpha value is -1.76. The molecule has 1 heterocycles. The van der Waals surface area contributed by atoms with Crippen LogP contribution in [0.1, 0.15) is 52.7 Å². The normalized spacial score (nSPS) is 13.2. The molecule has 3 rings (SSSR count). The van der Waals surface area contributed by atoms with E-state index in [4.69, 9.17) is 4.42 Å². The molecule has 0 spiro atoms. The number of fused-ring (bicyclic) bond motifs is 3. The lowest BCUT2D eigenvalue weighted by Gasteiger charge is -2.20. The van der Waals surface area contributed by atoms with Crippen molar-refractivity contribution < 1.29 is 4.42 Å². The summed E-state index contributed by atoms with van der Waals surface area (Å²) in [6.07, 6.45) is 0. The molecule has 0 saturated heterocycles. The van der Waals surface area contributed by atoms with E-state index in [0.29, 0.717) is 0 Å².